The first-order valence-electron chi connectivity index (χ1n) is 8.35. The fraction of sp³-hybridized carbons (Fsp3) is 0.667. The SMILES string of the molecule is Fc1cc(C2CCCCC2)c(C2CCCCC2)c(F)c1F. The topological polar surface area (TPSA) is 0 Å². The highest BCUT2D eigenvalue weighted by molar-refractivity contribution is 5.37. The van der Waals surface area contributed by atoms with E-state index in [1.54, 1.807) is 0 Å². The molecule has 0 amide bonds. The van der Waals surface area contributed by atoms with Gasteiger partial charge in [-0.1, -0.05) is 38.5 Å². The summed E-state index contributed by atoms with van der Waals surface area (Å²) in [6.07, 6.45) is 10.5. The third kappa shape index (κ3) is 2.97. The van der Waals surface area contributed by atoms with Gasteiger partial charge >= 0.3 is 0 Å². The molecule has 0 unspecified atom stereocenters. The molecule has 0 saturated heterocycles. The van der Waals surface area contributed by atoms with Gasteiger partial charge in [-0.3, -0.25) is 0 Å². The van der Waals surface area contributed by atoms with Crippen molar-refractivity contribution in [3.8, 4) is 0 Å². The zero-order valence-electron chi connectivity index (χ0n) is 12.4. The molecule has 2 fully saturated rings. The van der Waals surface area contributed by atoms with Gasteiger partial charge in [0.2, 0.25) is 0 Å². The average Bonchev–Trinajstić information content (AvgIpc) is 2.54. The number of benzene rings is 1. The van der Waals surface area contributed by atoms with Gasteiger partial charge in [0.1, 0.15) is 0 Å². The predicted octanol–water partition coefficient (Wildman–Crippen LogP) is 6.20. The molecular weight excluding hydrogens is 273 g/mol. The van der Waals surface area contributed by atoms with E-state index in [1.807, 2.05) is 0 Å². The van der Waals surface area contributed by atoms with Crippen LogP contribution in [0.25, 0.3) is 0 Å². The largest absolute Gasteiger partial charge is 0.204 e. The van der Waals surface area contributed by atoms with Crippen molar-refractivity contribution in [3.63, 3.8) is 0 Å². The van der Waals surface area contributed by atoms with Crippen LogP contribution in [-0.4, -0.2) is 0 Å². The Kier molecular flexibility index (Phi) is 4.56. The Bertz CT molecular complexity index is 498. The Labute approximate surface area is 124 Å². The van der Waals surface area contributed by atoms with E-state index in [1.165, 1.54) is 18.9 Å². The van der Waals surface area contributed by atoms with Crippen molar-refractivity contribution in [2.24, 2.45) is 0 Å². The molecule has 1 aromatic carbocycles. The molecule has 1 aromatic rings. The van der Waals surface area contributed by atoms with Crippen LogP contribution in [0.2, 0.25) is 0 Å². The van der Waals surface area contributed by atoms with Gasteiger partial charge in [-0.25, -0.2) is 13.2 Å². The third-order valence-electron chi connectivity index (χ3n) is 5.29. The highest BCUT2D eigenvalue weighted by Crippen LogP contribution is 2.43. The smallest absolute Gasteiger partial charge is 0.194 e. The van der Waals surface area contributed by atoms with Crippen LogP contribution in [0.1, 0.15) is 87.2 Å². The number of hydrogen-bond donors (Lipinski definition) is 0. The molecule has 0 radical (unpaired) electrons. The van der Waals surface area contributed by atoms with Crippen molar-refractivity contribution >= 4 is 0 Å². The molecule has 21 heavy (non-hydrogen) atoms. The lowest BCUT2D eigenvalue weighted by Crippen LogP contribution is -2.16. The first-order valence-corrected chi connectivity index (χ1v) is 8.35. The summed E-state index contributed by atoms with van der Waals surface area (Å²) in [4.78, 5) is 0. The van der Waals surface area contributed by atoms with Gasteiger partial charge in [-0.2, -0.15) is 0 Å². The second-order valence-electron chi connectivity index (χ2n) is 6.66. The van der Waals surface area contributed by atoms with Crippen LogP contribution in [0.5, 0.6) is 0 Å². The Hall–Kier alpha value is -0.990. The minimum absolute atomic E-state index is 0.0748. The Morgan fingerprint density at radius 3 is 1.76 bits per heavy atom. The van der Waals surface area contributed by atoms with E-state index in [9.17, 15) is 13.2 Å². The minimum Gasteiger partial charge on any atom is -0.204 e. The summed E-state index contributed by atoms with van der Waals surface area (Å²) < 4.78 is 41.9. The molecule has 0 bridgehead atoms. The maximum absolute atomic E-state index is 14.4. The van der Waals surface area contributed by atoms with Crippen LogP contribution < -0.4 is 0 Å². The molecule has 0 nitrogen and oxygen atoms in total. The van der Waals surface area contributed by atoms with Crippen LogP contribution in [0.4, 0.5) is 13.2 Å². The highest BCUT2D eigenvalue weighted by Gasteiger charge is 2.30. The maximum atomic E-state index is 14.4. The second-order valence-corrected chi connectivity index (χ2v) is 6.66. The highest BCUT2D eigenvalue weighted by atomic mass is 19.2. The van der Waals surface area contributed by atoms with Crippen molar-refractivity contribution in [1.29, 1.82) is 0 Å². The third-order valence-corrected chi connectivity index (χ3v) is 5.29. The van der Waals surface area contributed by atoms with Crippen molar-refractivity contribution in [2.45, 2.75) is 76.0 Å². The monoisotopic (exact) mass is 296 g/mol. The van der Waals surface area contributed by atoms with Crippen molar-refractivity contribution in [1.82, 2.24) is 0 Å². The Morgan fingerprint density at radius 1 is 0.667 bits per heavy atom. The quantitative estimate of drug-likeness (QED) is 0.570. The molecule has 0 heterocycles. The second kappa shape index (κ2) is 6.41. The summed E-state index contributed by atoms with van der Waals surface area (Å²) in [5, 5.41) is 0. The minimum atomic E-state index is -1.28. The zero-order chi connectivity index (χ0) is 14.8. The molecule has 3 rings (SSSR count). The Balaban J connectivity index is 2.03. The van der Waals surface area contributed by atoms with E-state index in [0.29, 0.717) is 5.56 Å². The maximum Gasteiger partial charge on any atom is 0.194 e. The summed E-state index contributed by atoms with van der Waals surface area (Å²) in [6, 6.07) is 1.29. The van der Waals surface area contributed by atoms with Crippen LogP contribution in [-0.2, 0) is 0 Å². The molecule has 2 aliphatic carbocycles. The summed E-state index contributed by atoms with van der Waals surface area (Å²) in [5.41, 5.74) is 1.26. The lowest BCUT2D eigenvalue weighted by atomic mass is 9.75. The number of rotatable bonds is 2. The molecule has 0 N–H and O–H groups in total. The first-order chi connectivity index (χ1) is 10.2. The van der Waals surface area contributed by atoms with Crippen LogP contribution in [0.15, 0.2) is 6.07 Å². The van der Waals surface area contributed by atoms with Gasteiger partial charge in [0, 0.05) is 0 Å². The van der Waals surface area contributed by atoms with Crippen molar-refractivity contribution < 1.29 is 13.2 Å². The molecule has 0 aliphatic heterocycles. The summed E-state index contributed by atoms with van der Waals surface area (Å²) in [5.74, 6) is -2.93. The van der Waals surface area contributed by atoms with Gasteiger partial charge in [0.25, 0.3) is 0 Å². The van der Waals surface area contributed by atoms with Crippen LogP contribution in [0, 0.1) is 17.5 Å². The lowest BCUT2D eigenvalue weighted by Gasteiger charge is -2.30. The standard InChI is InChI=1S/C18H23F3/c19-15-11-14(12-7-3-1-4-8-12)16(18(21)17(15)20)13-9-5-2-6-10-13/h11-13H,1-10H2. The molecular formula is C18H23F3. The van der Waals surface area contributed by atoms with Crippen LogP contribution >= 0.6 is 0 Å². The average molecular weight is 296 g/mol. The molecule has 3 heteroatoms. The lowest BCUT2D eigenvalue weighted by molar-refractivity contribution is 0.383. The van der Waals surface area contributed by atoms with E-state index in [-0.39, 0.29) is 11.8 Å². The molecule has 0 spiro atoms. The van der Waals surface area contributed by atoms with E-state index < -0.39 is 17.5 Å². The van der Waals surface area contributed by atoms with E-state index in [4.69, 9.17) is 0 Å². The molecule has 116 valence electrons. The van der Waals surface area contributed by atoms with Gasteiger partial charge in [0.05, 0.1) is 0 Å². The molecule has 2 saturated carbocycles. The summed E-state index contributed by atoms with van der Waals surface area (Å²) >= 11 is 0. The normalized spacial score (nSPS) is 21.7. The van der Waals surface area contributed by atoms with Gasteiger partial charge < -0.3 is 0 Å². The molecule has 0 atom stereocenters. The summed E-state index contributed by atoms with van der Waals surface area (Å²) in [7, 11) is 0. The van der Waals surface area contributed by atoms with Gasteiger partial charge in [-0.05, 0) is 54.7 Å². The first kappa shape index (κ1) is 14.9. The van der Waals surface area contributed by atoms with E-state index >= 15 is 0 Å². The van der Waals surface area contributed by atoms with Gasteiger partial charge in [0.15, 0.2) is 17.5 Å². The molecule has 0 aromatic heterocycles. The predicted molar refractivity (Wildman–Crippen MR) is 78.0 cm³/mol. The fourth-order valence-electron chi connectivity index (χ4n) is 4.18. The summed E-state index contributed by atoms with van der Waals surface area (Å²) in [6.45, 7) is 0. The van der Waals surface area contributed by atoms with E-state index in [0.717, 1.165) is 56.9 Å². The zero-order valence-corrected chi connectivity index (χ0v) is 12.4. The van der Waals surface area contributed by atoms with Crippen molar-refractivity contribution in [2.75, 3.05) is 0 Å². The van der Waals surface area contributed by atoms with Gasteiger partial charge in [-0.15, -0.1) is 0 Å². The molecule has 2 aliphatic rings. The van der Waals surface area contributed by atoms with E-state index in [2.05, 4.69) is 0 Å². The fourth-order valence-corrected chi connectivity index (χ4v) is 4.18. The number of hydrogen-bond acceptors (Lipinski definition) is 0. The van der Waals surface area contributed by atoms with Crippen molar-refractivity contribution in [3.05, 3.63) is 34.6 Å². The Morgan fingerprint density at radius 2 is 1.19 bits per heavy atom. The van der Waals surface area contributed by atoms with Crippen LogP contribution in [0.3, 0.4) is 0 Å². The number of halogens is 3.